The SMILES string of the molecule is C/C(=C\N)c1ccc(C(C)C)c(C(C)C)c1. The highest BCUT2D eigenvalue weighted by molar-refractivity contribution is 5.64. The lowest BCUT2D eigenvalue weighted by Crippen LogP contribution is -2.00. The molecule has 0 fully saturated rings. The minimum atomic E-state index is 0.558. The first-order valence-corrected chi connectivity index (χ1v) is 6.00. The summed E-state index contributed by atoms with van der Waals surface area (Å²) in [7, 11) is 0. The molecular formula is C15H23N. The molecule has 0 aromatic heterocycles. The van der Waals surface area contributed by atoms with Crippen molar-refractivity contribution in [1.29, 1.82) is 0 Å². The van der Waals surface area contributed by atoms with E-state index in [9.17, 15) is 0 Å². The lowest BCUT2D eigenvalue weighted by Gasteiger charge is -2.17. The summed E-state index contributed by atoms with van der Waals surface area (Å²) in [6.45, 7) is 11.0. The van der Waals surface area contributed by atoms with Gasteiger partial charge in [-0.3, -0.25) is 0 Å². The highest BCUT2D eigenvalue weighted by atomic mass is 14.5. The third kappa shape index (κ3) is 2.66. The minimum Gasteiger partial charge on any atom is -0.404 e. The molecule has 0 aliphatic heterocycles. The van der Waals surface area contributed by atoms with Crippen LogP contribution in [0.5, 0.6) is 0 Å². The first-order chi connectivity index (χ1) is 7.47. The smallest absolute Gasteiger partial charge is 0.00265 e. The monoisotopic (exact) mass is 217 g/mol. The van der Waals surface area contributed by atoms with E-state index in [4.69, 9.17) is 5.73 Å². The van der Waals surface area contributed by atoms with E-state index < -0.39 is 0 Å². The molecule has 1 aromatic carbocycles. The summed E-state index contributed by atoms with van der Waals surface area (Å²) in [6.07, 6.45) is 1.68. The summed E-state index contributed by atoms with van der Waals surface area (Å²) in [5.41, 5.74) is 10.8. The molecule has 0 aliphatic rings. The van der Waals surface area contributed by atoms with Crippen molar-refractivity contribution in [3.05, 3.63) is 41.1 Å². The van der Waals surface area contributed by atoms with Crippen LogP contribution in [0.15, 0.2) is 24.4 Å². The molecule has 1 nitrogen and oxygen atoms in total. The van der Waals surface area contributed by atoms with E-state index in [1.54, 1.807) is 6.20 Å². The van der Waals surface area contributed by atoms with Gasteiger partial charge >= 0.3 is 0 Å². The van der Waals surface area contributed by atoms with Gasteiger partial charge in [-0.25, -0.2) is 0 Å². The fourth-order valence-electron chi connectivity index (χ4n) is 1.94. The largest absolute Gasteiger partial charge is 0.404 e. The Morgan fingerprint density at radius 1 is 1.06 bits per heavy atom. The summed E-state index contributed by atoms with van der Waals surface area (Å²) >= 11 is 0. The van der Waals surface area contributed by atoms with Crippen LogP contribution in [0, 0.1) is 0 Å². The molecule has 0 spiro atoms. The average molecular weight is 217 g/mol. The van der Waals surface area contributed by atoms with Gasteiger partial charge in [0.05, 0.1) is 0 Å². The molecule has 2 N–H and O–H groups in total. The number of nitrogens with two attached hydrogens (primary N) is 1. The third-order valence-electron chi connectivity index (χ3n) is 3.04. The normalized spacial score (nSPS) is 12.6. The van der Waals surface area contributed by atoms with E-state index in [1.807, 2.05) is 0 Å². The maximum Gasteiger partial charge on any atom is -0.00265 e. The van der Waals surface area contributed by atoms with Gasteiger partial charge in [0.15, 0.2) is 0 Å². The second kappa shape index (κ2) is 5.20. The van der Waals surface area contributed by atoms with Crippen molar-refractivity contribution in [2.75, 3.05) is 0 Å². The Kier molecular flexibility index (Phi) is 4.17. The van der Waals surface area contributed by atoms with Crippen LogP contribution in [0.3, 0.4) is 0 Å². The zero-order valence-electron chi connectivity index (χ0n) is 11.0. The van der Waals surface area contributed by atoms with Crippen molar-refractivity contribution in [2.24, 2.45) is 5.73 Å². The number of rotatable bonds is 3. The predicted molar refractivity (Wildman–Crippen MR) is 72.5 cm³/mol. The van der Waals surface area contributed by atoms with E-state index >= 15 is 0 Å². The van der Waals surface area contributed by atoms with E-state index in [0.29, 0.717) is 11.8 Å². The lowest BCUT2D eigenvalue weighted by atomic mass is 9.88. The molecule has 0 aliphatic carbocycles. The van der Waals surface area contributed by atoms with Gasteiger partial charge in [-0.15, -0.1) is 0 Å². The second-order valence-electron chi connectivity index (χ2n) is 5.00. The van der Waals surface area contributed by atoms with Gasteiger partial charge in [-0.05, 0) is 47.2 Å². The lowest BCUT2D eigenvalue weighted by molar-refractivity contribution is 0.789. The molecule has 1 rings (SSSR count). The van der Waals surface area contributed by atoms with Crippen molar-refractivity contribution in [1.82, 2.24) is 0 Å². The Morgan fingerprint density at radius 3 is 2.06 bits per heavy atom. The molecule has 16 heavy (non-hydrogen) atoms. The molecule has 0 bridgehead atoms. The van der Waals surface area contributed by atoms with Gasteiger partial charge in [0.1, 0.15) is 0 Å². The van der Waals surface area contributed by atoms with E-state index in [-0.39, 0.29) is 0 Å². The van der Waals surface area contributed by atoms with Gasteiger partial charge < -0.3 is 5.73 Å². The Hall–Kier alpha value is -1.24. The molecule has 0 amide bonds. The van der Waals surface area contributed by atoms with E-state index in [2.05, 4.69) is 52.8 Å². The summed E-state index contributed by atoms with van der Waals surface area (Å²) in [4.78, 5) is 0. The standard InChI is InChI=1S/C15H23N/c1-10(2)14-7-6-13(12(5)9-16)8-15(14)11(3)4/h6-11H,16H2,1-5H3/b12-9+. The predicted octanol–water partition coefficient (Wildman–Crippen LogP) is 4.25. The summed E-state index contributed by atoms with van der Waals surface area (Å²) in [6, 6.07) is 6.68. The number of benzene rings is 1. The first kappa shape index (κ1) is 12.8. The first-order valence-electron chi connectivity index (χ1n) is 6.00. The molecule has 0 unspecified atom stereocenters. The van der Waals surface area contributed by atoms with Crippen molar-refractivity contribution < 1.29 is 0 Å². The van der Waals surface area contributed by atoms with Crippen LogP contribution in [-0.2, 0) is 0 Å². The summed E-state index contributed by atoms with van der Waals surface area (Å²) in [5.74, 6) is 1.14. The van der Waals surface area contributed by atoms with Crippen LogP contribution in [-0.4, -0.2) is 0 Å². The van der Waals surface area contributed by atoms with Crippen molar-refractivity contribution in [3.8, 4) is 0 Å². The Labute approximate surface area is 99.4 Å². The summed E-state index contributed by atoms with van der Waals surface area (Å²) in [5, 5.41) is 0. The Bertz CT molecular complexity index is 386. The third-order valence-corrected chi connectivity index (χ3v) is 3.04. The highest BCUT2D eigenvalue weighted by Gasteiger charge is 2.10. The number of hydrogen-bond acceptors (Lipinski definition) is 1. The van der Waals surface area contributed by atoms with Gasteiger partial charge in [0.2, 0.25) is 0 Å². The molecule has 0 heterocycles. The summed E-state index contributed by atoms with van der Waals surface area (Å²) < 4.78 is 0. The maximum absolute atomic E-state index is 5.57. The molecular weight excluding hydrogens is 194 g/mol. The molecule has 1 heteroatoms. The average Bonchev–Trinajstić information content (AvgIpc) is 2.26. The Morgan fingerprint density at radius 2 is 1.62 bits per heavy atom. The fourth-order valence-corrected chi connectivity index (χ4v) is 1.94. The van der Waals surface area contributed by atoms with Gasteiger partial charge in [-0.2, -0.15) is 0 Å². The highest BCUT2D eigenvalue weighted by Crippen LogP contribution is 2.28. The van der Waals surface area contributed by atoms with Crippen LogP contribution in [0.1, 0.15) is 63.1 Å². The topological polar surface area (TPSA) is 26.0 Å². The van der Waals surface area contributed by atoms with E-state index in [0.717, 1.165) is 5.57 Å². The van der Waals surface area contributed by atoms with Crippen molar-refractivity contribution >= 4 is 5.57 Å². The fraction of sp³-hybridized carbons (Fsp3) is 0.467. The van der Waals surface area contributed by atoms with Crippen LogP contribution in [0.2, 0.25) is 0 Å². The molecule has 0 saturated carbocycles. The van der Waals surface area contributed by atoms with Gasteiger partial charge in [-0.1, -0.05) is 45.9 Å². The zero-order valence-corrected chi connectivity index (χ0v) is 11.0. The van der Waals surface area contributed by atoms with Gasteiger partial charge in [0.25, 0.3) is 0 Å². The van der Waals surface area contributed by atoms with Crippen molar-refractivity contribution in [2.45, 2.75) is 46.5 Å². The van der Waals surface area contributed by atoms with Crippen LogP contribution < -0.4 is 5.73 Å². The minimum absolute atomic E-state index is 0.558. The molecule has 0 saturated heterocycles. The van der Waals surface area contributed by atoms with Crippen molar-refractivity contribution in [3.63, 3.8) is 0 Å². The van der Waals surface area contributed by atoms with Crippen LogP contribution in [0.25, 0.3) is 5.57 Å². The molecule has 0 atom stereocenters. The quantitative estimate of drug-likeness (QED) is 0.804. The van der Waals surface area contributed by atoms with Crippen LogP contribution in [0.4, 0.5) is 0 Å². The zero-order chi connectivity index (χ0) is 12.3. The van der Waals surface area contributed by atoms with E-state index in [1.165, 1.54) is 16.7 Å². The van der Waals surface area contributed by atoms with Crippen LogP contribution >= 0.6 is 0 Å². The number of allylic oxidation sites excluding steroid dienone is 1. The Balaban J connectivity index is 3.28. The molecule has 0 radical (unpaired) electrons. The second-order valence-corrected chi connectivity index (χ2v) is 5.00. The molecule has 1 aromatic rings. The molecule has 88 valence electrons. The number of hydrogen-bond donors (Lipinski definition) is 1. The van der Waals surface area contributed by atoms with Gasteiger partial charge in [0, 0.05) is 0 Å². The maximum atomic E-state index is 5.57.